The standard InChI is InChI=1S/C30H28NO.C15H18GeN.Ir/c1-19(2)21-15-16-31-27(17-21)26-8-6-7-25-24-14-11-22(18-28(24)32-29(25)26)20-9-12-23(13-10-20)30(3,4)5;1-12-10-15(13-8-6-5-7-9-13)17-11-14(12)16(2,3)4;/h6-7,9-19H,1-5H3;5-8,10-11H,1-4H3;/q2*-1;. The molecule has 0 saturated heterocycles. The predicted octanol–water partition coefficient (Wildman–Crippen LogP) is 11.9. The minimum absolute atomic E-state index is 0. The summed E-state index contributed by atoms with van der Waals surface area (Å²) in [5, 5.41) is 2.21. The van der Waals surface area contributed by atoms with Crippen molar-refractivity contribution in [2.24, 2.45) is 0 Å². The van der Waals surface area contributed by atoms with Gasteiger partial charge in [-0.25, -0.2) is 0 Å². The fourth-order valence-corrected chi connectivity index (χ4v) is 9.84. The Bertz CT molecular complexity index is 2220. The van der Waals surface area contributed by atoms with E-state index in [2.05, 4.69) is 160 Å². The first-order chi connectivity index (χ1) is 23.3. The fourth-order valence-electron chi connectivity index (χ4n) is 6.26. The summed E-state index contributed by atoms with van der Waals surface area (Å²) in [6.45, 7) is 13.3. The molecular weight excluding hydrogens is 849 g/mol. The van der Waals surface area contributed by atoms with Crippen molar-refractivity contribution in [3.05, 3.63) is 138 Å². The van der Waals surface area contributed by atoms with Gasteiger partial charge in [-0.3, -0.25) is 0 Å². The Labute approximate surface area is 314 Å². The van der Waals surface area contributed by atoms with Gasteiger partial charge in [0.1, 0.15) is 5.58 Å². The largest absolute Gasteiger partial charge is 0 e. The normalized spacial score (nSPS) is 11.7. The van der Waals surface area contributed by atoms with Gasteiger partial charge in [0.05, 0.1) is 5.58 Å². The third kappa shape index (κ3) is 8.20. The number of hydrogen-bond acceptors (Lipinski definition) is 3. The maximum atomic E-state index is 6.41. The van der Waals surface area contributed by atoms with Crippen LogP contribution in [-0.2, 0) is 25.5 Å². The van der Waals surface area contributed by atoms with Gasteiger partial charge in [0, 0.05) is 31.7 Å². The zero-order chi connectivity index (χ0) is 34.9. The van der Waals surface area contributed by atoms with Crippen LogP contribution in [-0.4, -0.2) is 23.2 Å². The molecule has 0 aliphatic carbocycles. The first kappa shape index (κ1) is 37.4. The number of rotatable bonds is 5. The van der Waals surface area contributed by atoms with Crippen molar-refractivity contribution < 1.29 is 24.5 Å². The molecule has 7 aromatic rings. The summed E-state index contributed by atoms with van der Waals surface area (Å²) in [7, 11) is 0. The van der Waals surface area contributed by atoms with Gasteiger partial charge in [-0.15, -0.1) is 18.2 Å². The van der Waals surface area contributed by atoms with Crippen LogP contribution >= 0.6 is 0 Å². The maximum absolute atomic E-state index is 6.41. The molecule has 3 heterocycles. The molecule has 0 N–H and O–H groups in total. The second-order valence-electron chi connectivity index (χ2n) is 15.3. The SMILES string of the molecule is CC(C)c1ccnc(-c2[c-]ccc3c2oc2cc(-c4ccc(C(C)(C)C)cc4)ccc23)c1.Cc1cc(-c2[c-]cccc2)nc[c]1[Ge]([CH3])([CH3])[CH3].[Ir]. The van der Waals surface area contributed by atoms with Crippen LogP contribution in [0.15, 0.2) is 114 Å². The topological polar surface area (TPSA) is 38.9 Å². The minimum atomic E-state index is -1.77. The van der Waals surface area contributed by atoms with Crippen molar-refractivity contribution >= 4 is 39.6 Å². The molecule has 0 bridgehead atoms. The van der Waals surface area contributed by atoms with Crippen molar-refractivity contribution in [1.82, 2.24) is 9.97 Å². The zero-order valence-corrected chi connectivity index (χ0v) is 35.1. The number of benzene rings is 4. The van der Waals surface area contributed by atoms with Crippen LogP contribution in [0.3, 0.4) is 0 Å². The van der Waals surface area contributed by atoms with Gasteiger partial charge < -0.3 is 9.40 Å². The molecule has 0 fully saturated rings. The molecule has 0 aliphatic heterocycles. The number of aryl methyl sites for hydroxylation is 1. The van der Waals surface area contributed by atoms with E-state index < -0.39 is 13.3 Å². The average Bonchev–Trinajstić information content (AvgIpc) is 3.46. The molecular formula is C45H46GeIrN2O-2. The number of nitrogens with zero attached hydrogens (tertiary/aromatic N) is 2. The Kier molecular flexibility index (Phi) is 11.4. The molecule has 7 rings (SSSR count). The van der Waals surface area contributed by atoms with Gasteiger partial charge >= 0.3 is 106 Å². The van der Waals surface area contributed by atoms with E-state index in [1.54, 1.807) is 0 Å². The molecule has 1 radical (unpaired) electrons. The van der Waals surface area contributed by atoms with Crippen molar-refractivity contribution in [1.29, 1.82) is 0 Å². The van der Waals surface area contributed by atoms with Gasteiger partial charge in [0.15, 0.2) is 0 Å². The molecule has 3 nitrogen and oxygen atoms in total. The van der Waals surface area contributed by atoms with E-state index in [0.717, 1.165) is 50.0 Å². The molecule has 0 saturated carbocycles. The quantitative estimate of drug-likeness (QED) is 0.128. The van der Waals surface area contributed by atoms with Crippen molar-refractivity contribution in [2.75, 3.05) is 0 Å². The summed E-state index contributed by atoms with van der Waals surface area (Å²) in [5.41, 5.74) is 12.1. The van der Waals surface area contributed by atoms with Crippen molar-refractivity contribution in [3.63, 3.8) is 0 Å². The first-order valence-corrected chi connectivity index (χ1v) is 24.5. The number of pyridine rings is 2. The average molecular weight is 896 g/mol. The summed E-state index contributed by atoms with van der Waals surface area (Å²) in [6, 6.07) is 40.4. The molecule has 50 heavy (non-hydrogen) atoms. The van der Waals surface area contributed by atoms with Crippen LogP contribution in [0.5, 0.6) is 0 Å². The Morgan fingerprint density at radius 3 is 2.12 bits per heavy atom. The van der Waals surface area contributed by atoms with E-state index in [0.29, 0.717) is 5.92 Å². The molecule has 0 atom stereocenters. The third-order valence-corrected chi connectivity index (χ3v) is 13.6. The third-order valence-electron chi connectivity index (χ3n) is 9.13. The molecule has 0 amide bonds. The van der Waals surface area contributed by atoms with E-state index in [4.69, 9.17) is 4.42 Å². The summed E-state index contributed by atoms with van der Waals surface area (Å²) in [4.78, 5) is 9.21. The van der Waals surface area contributed by atoms with Gasteiger partial charge in [0.2, 0.25) is 0 Å². The van der Waals surface area contributed by atoms with Gasteiger partial charge in [0.25, 0.3) is 0 Å². The first-order valence-electron chi connectivity index (χ1n) is 17.2. The zero-order valence-electron chi connectivity index (χ0n) is 30.6. The second kappa shape index (κ2) is 15.2. The van der Waals surface area contributed by atoms with Gasteiger partial charge in [-0.2, -0.15) is 0 Å². The van der Waals surface area contributed by atoms with E-state index in [9.17, 15) is 0 Å². The van der Waals surface area contributed by atoms with Crippen LogP contribution < -0.4 is 4.40 Å². The van der Waals surface area contributed by atoms with Crippen LogP contribution in [0.4, 0.5) is 0 Å². The Hall–Kier alpha value is -3.83. The molecule has 3 aromatic heterocycles. The molecule has 0 aliphatic rings. The summed E-state index contributed by atoms with van der Waals surface area (Å²) in [5.74, 6) is 7.65. The van der Waals surface area contributed by atoms with Crippen LogP contribution in [0.1, 0.15) is 57.2 Å². The second-order valence-corrected chi connectivity index (χ2v) is 25.8. The number of aromatic nitrogens is 2. The molecule has 4 aromatic carbocycles. The van der Waals surface area contributed by atoms with Crippen molar-refractivity contribution in [2.45, 2.75) is 70.1 Å². The molecule has 0 unspecified atom stereocenters. The monoisotopic (exact) mass is 897 g/mol. The number of fused-ring (bicyclic) bond motifs is 3. The summed E-state index contributed by atoms with van der Waals surface area (Å²) in [6.07, 6.45) is 3.95. The smallest absolute Gasteiger partial charge is 0 e. The van der Waals surface area contributed by atoms with E-state index in [-0.39, 0.29) is 25.5 Å². The van der Waals surface area contributed by atoms with E-state index in [1.165, 1.54) is 26.6 Å². The fraction of sp³-hybridized carbons (Fsp3) is 0.244. The van der Waals surface area contributed by atoms with E-state index in [1.807, 2.05) is 30.5 Å². The van der Waals surface area contributed by atoms with E-state index >= 15 is 0 Å². The molecule has 257 valence electrons. The van der Waals surface area contributed by atoms with Crippen LogP contribution in [0.25, 0.3) is 55.6 Å². The minimum Gasteiger partial charge on any atom is 0 e. The van der Waals surface area contributed by atoms with Gasteiger partial charge in [-0.05, 0) is 45.8 Å². The Morgan fingerprint density at radius 1 is 0.740 bits per heavy atom. The summed E-state index contributed by atoms with van der Waals surface area (Å²) >= 11 is -1.77. The Morgan fingerprint density at radius 2 is 1.48 bits per heavy atom. The molecule has 0 spiro atoms. The summed E-state index contributed by atoms with van der Waals surface area (Å²) < 4.78 is 7.90. The predicted molar refractivity (Wildman–Crippen MR) is 210 cm³/mol. The number of hydrogen-bond donors (Lipinski definition) is 0. The van der Waals surface area contributed by atoms with Crippen molar-refractivity contribution in [3.8, 4) is 33.6 Å². The van der Waals surface area contributed by atoms with Crippen LogP contribution in [0.2, 0.25) is 17.3 Å². The number of furan rings is 1. The Balaban J connectivity index is 0.000000229. The van der Waals surface area contributed by atoms with Crippen LogP contribution in [0, 0.1) is 19.1 Å². The molecule has 5 heteroatoms. The van der Waals surface area contributed by atoms with Gasteiger partial charge in [-0.1, -0.05) is 93.6 Å². The maximum Gasteiger partial charge on any atom is 0 e.